The smallest absolute Gasteiger partial charge is 0.260 e. The van der Waals surface area contributed by atoms with Gasteiger partial charge in [0.2, 0.25) is 0 Å². The fourth-order valence-electron chi connectivity index (χ4n) is 3.16. The molecule has 2 aromatic heterocycles. The van der Waals surface area contributed by atoms with Gasteiger partial charge in [-0.05, 0) is 33.0 Å². The molecule has 23 heavy (non-hydrogen) atoms. The minimum Gasteiger partial charge on any atom is -0.313 e. The molecule has 0 amide bonds. The van der Waals surface area contributed by atoms with E-state index in [1.165, 1.54) is 38.4 Å². The SMILES string of the molecule is CN(C)C1CCCCC1.O=c1[nH]cnc2sc3ccccc3c12. The Labute approximate surface area is 140 Å². The van der Waals surface area contributed by atoms with Gasteiger partial charge in [-0.1, -0.05) is 37.5 Å². The Bertz CT molecular complexity index is 831. The van der Waals surface area contributed by atoms with Crippen LogP contribution in [-0.2, 0) is 0 Å². The zero-order chi connectivity index (χ0) is 16.2. The summed E-state index contributed by atoms with van der Waals surface area (Å²) in [6, 6.07) is 8.73. The van der Waals surface area contributed by atoms with Gasteiger partial charge in [0.25, 0.3) is 5.56 Å². The summed E-state index contributed by atoms with van der Waals surface area (Å²) in [5, 5.41) is 1.69. The summed E-state index contributed by atoms with van der Waals surface area (Å²) >= 11 is 1.54. The van der Waals surface area contributed by atoms with Crippen molar-refractivity contribution in [2.75, 3.05) is 14.1 Å². The van der Waals surface area contributed by atoms with Crippen LogP contribution in [0.3, 0.4) is 0 Å². The molecule has 4 rings (SSSR count). The van der Waals surface area contributed by atoms with Crippen LogP contribution in [0.5, 0.6) is 0 Å². The molecule has 0 radical (unpaired) electrons. The maximum absolute atomic E-state index is 11.6. The number of rotatable bonds is 1. The van der Waals surface area contributed by atoms with E-state index in [-0.39, 0.29) is 5.56 Å². The van der Waals surface area contributed by atoms with E-state index in [2.05, 4.69) is 29.0 Å². The molecule has 122 valence electrons. The van der Waals surface area contributed by atoms with Crippen molar-refractivity contribution in [3.63, 3.8) is 0 Å². The standard InChI is InChI=1S/C10H6N2OS.C8H17N/c13-9-8-6-3-1-2-4-7(6)14-10(8)12-5-11-9;1-9(2)8-6-4-3-5-7-8/h1-5H,(H,11,12,13);8H,3-7H2,1-2H3. The number of thiophene rings is 1. The maximum Gasteiger partial charge on any atom is 0.260 e. The fraction of sp³-hybridized carbons (Fsp3) is 0.444. The van der Waals surface area contributed by atoms with E-state index in [1.54, 1.807) is 11.3 Å². The highest BCUT2D eigenvalue weighted by Crippen LogP contribution is 2.29. The molecule has 1 aliphatic carbocycles. The van der Waals surface area contributed by atoms with Gasteiger partial charge in [-0.3, -0.25) is 4.79 Å². The molecule has 0 spiro atoms. The van der Waals surface area contributed by atoms with E-state index in [4.69, 9.17) is 0 Å². The zero-order valence-electron chi connectivity index (χ0n) is 13.7. The van der Waals surface area contributed by atoms with Crippen molar-refractivity contribution >= 4 is 31.6 Å². The summed E-state index contributed by atoms with van der Waals surface area (Å²) in [6.45, 7) is 0. The van der Waals surface area contributed by atoms with Crippen LogP contribution in [0.2, 0.25) is 0 Å². The van der Waals surface area contributed by atoms with Crippen LogP contribution in [0, 0.1) is 0 Å². The molecule has 0 atom stereocenters. The quantitative estimate of drug-likeness (QED) is 0.733. The summed E-state index contributed by atoms with van der Waals surface area (Å²) in [5.41, 5.74) is -0.0625. The van der Waals surface area contributed by atoms with E-state index in [1.807, 2.05) is 24.3 Å². The van der Waals surface area contributed by atoms with Gasteiger partial charge < -0.3 is 9.88 Å². The first-order chi connectivity index (χ1) is 11.2. The highest BCUT2D eigenvalue weighted by atomic mass is 32.1. The van der Waals surface area contributed by atoms with Gasteiger partial charge in [0.15, 0.2) is 0 Å². The molecule has 1 fully saturated rings. The summed E-state index contributed by atoms with van der Waals surface area (Å²) in [4.78, 5) is 21.5. The average molecular weight is 329 g/mol. The highest BCUT2D eigenvalue weighted by Gasteiger charge is 2.14. The molecule has 0 saturated heterocycles. The normalized spacial score (nSPS) is 15.8. The van der Waals surface area contributed by atoms with Crippen LogP contribution >= 0.6 is 11.3 Å². The monoisotopic (exact) mass is 329 g/mol. The molecule has 1 aliphatic rings. The van der Waals surface area contributed by atoms with Crippen LogP contribution in [0.25, 0.3) is 20.3 Å². The Balaban J connectivity index is 0.000000151. The molecule has 0 aliphatic heterocycles. The van der Waals surface area contributed by atoms with E-state index in [9.17, 15) is 4.79 Å². The average Bonchev–Trinajstić information content (AvgIpc) is 2.96. The summed E-state index contributed by atoms with van der Waals surface area (Å²) in [7, 11) is 4.38. The number of nitrogens with zero attached hydrogens (tertiary/aromatic N) is 2. The number of H-pyrrole nitrogens is 1. The van der Waals surface area contributed by atoms with Gasteiger partial charge in [-0.15, -0.1) is 11.3 Å². The minimum absolute atomic E-state index is 0.0625. The van der Waals surface area contributed by atoms with Gasteiger partial charge in [-0.2, -0.15) is 0 Å². The van der Waals surface area contributed by atoms with E-state index in [0.717, 1.165) is 21.0 Å². The Morgan fingerprint density at radius 1 is 1.17 bits per heavy atom. The lowest BCUT2D eigenvalue weighted by Gasteiger charge is -2.27. The first kappa shape index (κ1) is 16.1. The molecule has 1 N–H and O–H groups in total. The number of aromatic amines is 1. The third-order valence-electron chi connectivity index (χ3n) is 4.49. The third kappa shape index (κ3) is 3.62. The molecule has 5 heteroatoms. The Morgan fingerprint density at radius 3 is 2.61 bits per heavy atom. The molecule has 1 saturated carbocycles. The summed E-state index contributed by atoms with van der Waals surface area (Å²) in [5.74, 6) is 0. The molecule has 1 aromatic carbocycles. The highest BCUT2D eigenvalue weighted by molar-refractivity contribution is 7.25. The Hall–Kier alpha value is -1.72. The van der Waals surface area contributed by atoms with Crippen molar-refractivity contribution in [2.45, 2.75) is 38.1 Å². The maximum atomic E-state index is 11.6. The molecule has 4 nitrogen and oxygen atoms in total. The molecule has 0 bridgehead atoms. The first-order valence-electron chi connectivity index (χ1n) is 8.18. The van der Waals surface area contributed by atoms with E-state index in [0.29, 0.717) is 5.39 Å². The van der Waals surface area contributed by atoms with Gasteiger partial charge in [-0.25, -0.2) is 4.98 Å². The topological polar surface area (TPSA) is 49.0 Å². The van der Waals surface area contributed by atoms with Crippen molar-refractivity contribution in [3.8, 4) is 0 Å². The lowest BCUT2D eigenvalue weighted by atomic mass is 9.95. The lowest BCUT2D eigenvalue weighted by Crippen LogP contribution is -2.29. The molecule has 3 aromatic rings. The van der Waals surface area contributed by atoms with Gasteiger partial charge in [0, 0.05) is 16.1 Å². The van der Waals surface area contributed by atoms with Crippen LogP contribution in [0.1, 0.15) is 32.1 Å². The summed E-state index contributed by atoms with van der Waals surface area (Å²) < 4.78 is 1.10. The molecular formula is C18H23N3OS. The number of benzene rings is 1. The van der Waals surface area contributed by atoms with Gasteiger partial charge in [0.1, 0.15) is 4.83 Å². The lowest BCUT2D eigenvalue weighted by molar-refractivity contribution is 0.229. The number of fused-ring (bicyclic) bond motifs is 3. The fourth-order valence-corrected chi connectivity index (χ4v) is 4.21. The predicted molar refractivity (Wildman–Crippen MR) is 98.3 cm³/mol. The number of hydrogen-bond donors (Lipinski definition) is 1. The molecular weight excluding hydrogens is 306 g/mol. The van der Waals surface area contributed by atoms with Gasteiger partial charge in [0.05, 0.1) is 11.7 Å². The Morgan fingerprint density at radius 2 is 1.91 bits per heavy atom. The molecule has 0 unspecified atom stereocenters. The second kappa shape index (κ2) is 7.23. The van der Waals surface area contributed by atoms with Crippen LogP contribution < -0.4 is 5.56 Å². The number of nitrogens with one attached hydrogen (secondary N) is 1. The predicted octanol–water partition coefficient (Wildman–Crippen LogP) is 4.02. The first-order valence-corrected chi connectivity index (χ1v) is 9.00. The number of hydrogen-bond acceptors (Lipinski definition) is 4. The van der Waals surface area contributed by atoms with Crippen LogP contribution in [-0.4, -0.2) is 35.0 Å². The minimum atomic E-state index is -0.0625. The van der Waals surface area contributed by atoms with Crippen molar-refractivity contribution in [3.05, 3.63) is 40.9 Å². The van der Waals surface area contributed by atoms with Crippen molar-refractivity contribution in [1.82, 2.24) is 14.9 Å². The van der Waals surface area contributed by atoms with Crippen LogP contribution in [0.4, 0.5) is 0 Å². The van der Waals surface area contributed by atoms with Crippen molar-refractivity contribution < 1.29 is 0 Å². The number of aromatic nitrogens is 2. The van der Waals surface area contributed by atoms with Gasteiger partial charge >= 0.3 is 0 Å². The largest absolute Gasteiger partial charge is 0.313 e. The Kier molecular flexibility index (Phi) is 5.08. The second-order valence-corrected chi connectivity index (χ2v) is 7.30. The van der Waals surface area contributed by atoms with Crippen LogP contribution in [0.15, 0.2) is 35.4 Å². The third-order valence-corrected chi connectivity index (χ3v) is 5.57. The second-order valence-electron chi connectivity index (χ2n) is 6.27. The molecule has 2 heterocycles. The zero-order valence-corrected chi connectivity index (χ0v) is 14.5. The van der Waals surface area contributed by atoms with Crippen molar-refractivity contribution in [2.24, 2.45) is 0 Å². The van der Waals surface area contributed by atoms with E-state index >= 15 is 0 Å². The van der Waals surface area contributed by atoms with Crippen molar-refractivity contribution in [1.29, 1.82) is 0 Å². The van der Waals surface area contributed by atoms with E-state index < -0.39 is 0 Å². The summed E-state index contributed by atoms with van der Waals surface area (Å²) in [6.07, 6.45) is 8.65.